The van der Waals surface area contributed by atoms with Gasteiger partial charge in [-0.3, -0.25) is 4.98 Å². The van der Waals surface area contributed by atoms with E-state index in [0.29, 0.717) is 18.1 Å². The van der Waals surface area contributed by atoms with Crippen molar-refractivity contribution in [3.8, 4) is 0 Å². The molecular formula is C15H17NO2. The fourth-order valence-electron chi connectivity index (χ4n) is 2.31. The summed E-state index contributed by atoms with van der Waals surface area (Å²) in [6.45, 7) is 2.22. The number of pyridine rings is 1. The van der Waals surface area contributed by atoms with Gasteiger partial charge in [0.1, 0.15) is 17.6 Å². The molecule has 94 valence electrons. The highest BCUT2D eigenvalue weighted by molar-refractivity contribution is 5.20. The molecule has 2 heterocycles. The van der Waals surface area contributed by atoms with Gasteiger partial charge in [0.2, 0.25) is 0 Å². The summed E-state index contributed by atoms with van der Waals surface area (Å²) in [5, 5.41) is 10.1. The minimum absolute atomic E-state index is 0.543. The molecule has 1 aliphatic carbocycles. The lowest BCUT2D eigenvalue weighted by Crippen LogP contribution is -2.00. The minimum atomic E-state index is -0.586. The van der Waals surface area contributed by atoms with Crippen molar-refractivity contribution in [3.05, 3.63) is 53.7 Å². The average molecular weight is 243 g/mol. The maximum Gasteiger partial charge on any atom is 0.133 e. The summed E-state index contributed by atoms with van der Waals surface area (Å²) in [5.41, 5.74) is 1.02. The van der Waals surface area contributed by atoms with Gasteiger partial charge in [-0.25, -0.2) is 0 Å². The van der Waals surface area contributed by atoms with Crippen molar-refractivity contribution in [3.63, 3.8) is 0 Å². The quantitative estimate of drug-likeness (QED) is 0.897. The molecule has 0 bridgehead atoms. The Hall–Kier alpha value is -1.61. The van der Waals surface area contributed by atoms with E-state index in [4.69, 9.17) is 4.42 Å². The summed E-state index contributed by atoms with van der Waals surface area (Å²) in [7, 11) is 0. The van der Waals surface area contributed by atoms with Crippen LogP contribution in [0.5, 0.6) is 0 Å². The Kier molecular flexibility index (Phi) is 2.92. The van der Waals surface area contributed by atoms with E-state index in [0.717, 1.165) is 17.2 Å². The third-order valence-electron chi connectivity index (χ3n) is 3.60. The fourth-order valence-corrected chi connectivity index (χ4v) is 2.31. The van der Waals surface area contributed by atoms with Gasteiger partial charge in [0.25, 0.3) is 0 Å². The first-order chi connectivity index (χ1) is 8.74. The Labute approximate surface area is 106 Å². The molecule has 0 aliphatic heterocycles. The Balaban J connectivity index is 1.69. The Morgan fingerprint density at radius 3 is 2.94 bits per heavy atom. The standard InChI is InChI=1S/C15H17NO2/c1-10-7-12(10)14-4-5-15(18-14)13(17)8-11-3-2-6-16-9-11/h2-6,9-10,12-13,17H,7-8H2,1H3. The molecule has 3 rings (SSSR count). The lowest BCUT2D eigenvalue weighted by atomic mass is 10.1. The molecule has 0 spiro atoms. The number of furan rings is 1. The number of rotatable bonds is 4. The van der Waals surface area contributed by atoms with Crippen LogP contribution in [0, 0.1) is 5.92 Å². The van der Waals surface area contributed by atoms with Crippen LogP contribution in [0.2, 0.25) is 0 Å². The normalized spacial score (nSPS) is 23.9. The number of aromatic nitrogens is 1. The van der Waals surface area contributed by atoms with Crippen molar-refractivity contribution in [1.29, 1.82) is 0 Å². The van der Waals surface area contributed by atoms with Crippen molar-refractivity contribution < 1.29 is 9.52 Å². The Morgan fingerprint density at radius 2 is 2.28 bits per heavy atom. The van der Waals surface area contributed by atoms with Crippen LogP contribution >= 0.6 is 0 Å². The Bertz CT molecular complexity index is 520. The minimum Gasteiger partial charge on any atom is -0.463 e. The van der Waals surface area contributed by atoms with Crippen molar-refractivity contribution >= 4 is 0 Å². The molecule has 0 radical (unpaired) electrons. The summed E-state index contributed by atoms with van der Waals surface area (Å²) in [6, 6.07) is 7.72. The third kappa shape index (κ3) is 2.31. The molecule has 0 aromatic carbocycles. The fraction of sp³-hybridized carbons (Fsp3) is 0.400. The first-order valence-corrected chi connectivity index (χ1v) is 6.40. The zero-order valence-corrected chi connectivity index (χ0v) is 10.4. The van der Waals surface area contributed by atoms with Crippen LogP contribution in [-0.2, 0) is 6.42 Å². The number of aliphatic hydroxyl groups excluding tert-OH is 1. The first-order valence-electron chi connectivity index (χ1n) is 6.40. The van der Waals surface area contributed by atoms with E-state index in [-0.39, 0.29) is 0 Å². The van der Waals surface area contributed by atoms with Crippen LogP contribution in [0.4, 0.5) is 0 Å². The van der Waals surface area contributed by atoms with Crippen LogP contribution in [-0.4, -0.2) is 10.1 Å². The number of nitrogens with zero attached hydrogens (tertiary/aromatic N) is 1. The van der Waals surface area contributed by atoms with Gasteiger partial charge in [0.05, 0.1) is 0 Å². The van der Waals surface area contributed by atoms with Gasteiger partial charge < -0.3 is 9.52 Å². The third-order valence-corrected chi connectivity index (χ3v) is 3.60. The second-order valence-electron chi connectivity index (χ2n) is 5.14. The number of aliphatic hydroxyl groups is 1. The van der Waals surface area contributed by atoms with E-state index in [1.54, 1.807) is 12.4 Å². The predicted octanol–water partition coefficient (Wildman–Crippen LogP) is 3.07. The number of hydrogen-bond donors (Lipinski definition) is 1. The van der Waals surface area contributed by atoms with Gasteiger partial charge in [-0.1, -0.05) is 13.0 Å². The van der Waals surface area contributed by atoms with Gasteiger partial charge in [-0.05, 0) is 36.1 Å². The van der Waals surface area contributed by atoms with Crippen LogP contribution < -0.4 is 0 Å². The van der Waals surface area contributed by atoms with E-state index in [1.807, 2.05) is 24.3 Å². The highest BCUT2D eigenvalue weighted by Gasteiger charge is 2.36. The van der Waals surface area contributed by atoms with Gasteiger partial charge >= 0.3 is 0 Å². The smallest absolute Gasteiger partial charge is 0.133 e. The van der Waals surface area contributed by atoms with Gasteiger partial charge in [0.15, 0.2) is 0 Å². The zero-order chi connectivity index (χ0) is 12.5. The highest BCUT2D eigenvalue weighted by Crippen LogP contribution is 2.47. The topological polar surface area (TPSA) is 46.3 Å². The van der Waals surface area contributed by atoms with E-state index in [2.05, 4.69) is 11.9 Å². The van der Waals surface area contributed by atoms with Crippen LogP contribution in [0.15, 0.2) is 41.1 Å². The molecule has 3 unspecified atom stereocenters. The van der Waals surface area contributed by atoms with Crippen molar-refractivity contribution in [2.75, 3.05) is 0 Å². The van der Waals surface area contributed by atoms with Crippen molar-refractivity contribution in [2.24, 2.45) is 5.92 Å². The molecular weight excluding hydrogens is 226 g/mol. The van der Waals surface area contributed by atoms with Crippen LogP contribution in [0.25, 0.3) is 0 Å². The molecule has 18 heavy (non-hydrogen) atoms. The van der Waals surface area contributed by atoms with E-state index < -0.39 is 6.10 Å². The van der Waals surface area contributed by atoms with Crippen LogP contribution in [0.3, 0.4) is 0 Å². The van der Waals surface area contributed by atoms with Gasteiger partial charge in [-0.2, -0.15) is 0 Å². The van der Waals surface area contributed by atoms with Crippen molar-refractivity contribution in [2.45, 2.75) is 31.8 Å². The molecule has 1 N–H and O–H groups in total. The van der Waals surface area contributed by atoms with Crippen molar-refractivity contribution in [1.82, 2.24) is 4.98 Å². The summed E-state index contributed by atoms with van der Waals surface area (Å²) in [4.78, 5) is 4.04. The van der Waals surface area contributed by atoms with E-state index in [9.17, 15) is 5.11 Å². The maximum atomic E-state index is 10.1. The van der Waals surface area contributed by atoms with Gasteiger partial charge in [-0.15, -0.1) is 0 Å². The van der Waals surface area contributed by atoms with E-state index >= 15 is 0 Å². The summed E-state index contributed by atoms with van der Waals surface area (Å²) in [6.07, 6.45) is 4.66. The Morgan fingerprint density at radius 1 is 1.44 bits per heavy atom. The summed E-state index contributed by atoms with van der Waals surface area (Å²) < 4.78 is 5.74. The molecule has 2 aromatic rings. The molecule has 0 amide bonds. The average Bonchev–Trinajstić information content (AvgIpc) is 2.93. The lowest BCUT2D eigenvalue weighted by molar-refractivity contribution is 0.148. The summed E-state index contributed by atoms with van der Waals surface area (Å²) in [5.74, 6) is 2.96. The summed E-state index contributed by atoms with van der Waals surface area (Å²) >= 11 is 0. The van der Waals surface area contributed by atoms with Crippen LogP contribution in [0.1, 0.15) is 42.5 Å². The lowest BCUT2D eigenvalue weighted by Gasteiger charge is -2.07. The molecule has 3 nitrogen and oxygen atoms in total. The van der Waals surface area contributed by atoms with Gasteiger partial charge in [0, 0.05) is 24.7 Å². The van der Waals surface area contributed by atoms with E-state index in [1.165, 1.54) is 6.42 Å². The zero-order valence-electron chi connectivity index (χ0n) is 10.4. The largest absolute Gasteiger partial charge is 0.463 e. The molecule has 3 heteroatoms. The molecule has 3 atom stereocenters. The predicted molar refractivity (Wildman–Crippen MR) is 68.1 cm³/mol. The monoisotopic (exact) mass is 243 g/mol. The molecule has 2 aromatic heterocycles. The molecule has 1 aliphatic rings. The maximum absolute atomic E-state index is 10.1. The molecule has 1 fully saturated rings. The molecule has 1 saturated carbocycles. The molecule has 0 saturated heterocycles. The first kappa shape index (κ1) is 11.5. The SMILES string of the molecule is CC1CC1c1ccc(C(O)Cc2cccnc2)o1. The number of hydrogen-bond acceptors (Lipinski definition) is 3. The second kappa shape index (κ2) is 4.58. The highest BCUT2D eigenvalue weighted by atomic mass is 16.4. The second-order valence-corrected chi connectivity index (χ2v) is 5.14.